The largest absolute Gasteiger partial charge is 0.396 e. The van der Waals surface area contributed by atoms with E-state index < -0.39 is 0 Å². The van der Waals surface area contributed by atoms with Crippen LogP contribution < -0.4 is 0 Å². The van der Waals surface area contributed by atoms with Crippen molar-refractivity contribution in [3.8, 4) is 0 Å². The molecule has 0 aromatic carbocycles. The number of nitrogens with zero attached hydrogens (tertiary/aromatic N) is 1. The first-order valence-corrected chi connectivity index (χ1v) is 4.52. The van der Waals surface area contributed by atoms with Crippen LogP contribution in [0.25, 0.3) is 0 Å². The molecule has 0 amide bonds. The lowest BCUT2D eigenvalue weighted by Gasteiger charge is -2.26. The van der Waals surface area contributed by atoms with Crippen molar-refractivity contribution in [1.82, 2.24) is 4.90 Å². The molecule has 2 nitrogen and oxygen atoms in total. The topological polar surface area (TPSA) is 23.5 Å². The second-order valence-electron chi connectivity index (χ2n) is 3.81. The van der Waals surface area contributed by atoms with Crippen LogP contribution in [0, 0.1) is 5.41 Å². The zero-order valence-corrected chi connectivity index (χ0v) is 7.64. The second-order valence-corrected chi connectivity index (χ2v) is 3.81. The summed E-state index contributed by atoms with van der Waals surface area (Å²) in [4.78, 5) is 2.36. The maximum absolute atomic E-state index is 8.89. The Bertz CT molecular complexity index is 123. The Morgan fingerprint density at radius 2 is 2.27 bits per heavy atom. The first-order valence-electron chi connectivity index (χ1n) is 4.52. The average molecular weight is 157 g/mol. The molecule has 1 heterocycles. The summed E-state index contributed by atoms with van der Waals surface area (Å²) in [6.45, 7) is 4.95. The molecule has 2 heteroatoms. The SMILES string of the molecule is CCC1(CCO)CCN(C)C1. The first kappa shape index (κ1) is 9.01. The van der Waals surface area contributed by atoms with E-state index >= 15 is 0 Å². The van der Waals surface area contributed by atoms with Gasteiger partial charge in [0.15, 0.2) is 0 Å². The third-order valence-electron chi connectivity index (χ3n) is 3.02. The summed E-state index contributed by atoms with van der Waals surface area (Å²) in [5, 5.41) is 8.89. The molecule has 1 rings (SSSR count). The lowest BCUT2D eigenvalue weighted by molar-refractivity contribution is 0.179. The van der Waals surface area contributed by atoms with Crippen LogP contribution in [0.3, 0.4) is 0 Å². The van der Waals surface area contributed by atoms with E-state index in [0.29, 0.717) is 12.0 Å². The number of hydrogen-bond donors (Lipinski definition) is 1. The Labute approximate surface area is 69.2 Å². The minimum atomic E-state index is 0.349. The highest BCUT2D eigenvalue weighted by Gasteiger charge is 2.33. The van der Waals surface area contributed by atoms with Crippen molar-refractivity contribution >= 4 is 0 Å². The van der Waals surface area contributed by atoms with E-state index in [1.807, 2.05) is 0 Å². The highest BCUT2D eigenvalue weighted by atomic mass is 16.3. The molecule has 0 aliphatic carbocycles. The molecule has 1 saturated heterocycles. The molecule has 0 radical (unpaired) electrons. The van der Waals surface area contributed by atoms with Gasteiger partial charge in [-0.15, -0.1) is 0 Å². The van der Waals surface area contributed by atoms with Crippen LogP contribution in [-0.2, 0) is 0 Å². The number of aliphatic hydroxyl groups is 1. The van der Waals surface area contributed by atoms with Crippen LogP contribution in [-0.4, -0.2) is 36.8 Å². The van der Waals surface area contributed by atoms with Crippen LogP contribution in [0.2, 0.25) is 0 Å². The summed E-state index contributed by atoms with van der Waals surface area (Å²) in [5.74, 6) is 0. The smallest absolute Gasteiger partial charge is 0.0436 e. The summed E-state index contributed by atoms with van der Waals surface area (Å²) in [5.41, 5.74) is 0.434. The minimum Gasteiger partial charge on any atom is -0.396 e. The summed E-state index contributed by atoms with van der Waals surface area (Å²) in [6, 6.07) is 0. The van der Waals surface area contributed by atoms with Gasteiger partial charge in [0.25, 0.3) is 0 Å². The third-order valence-corrected chi connectivity index (χ3v) is 3.02. The van der Waals surface area contributed by atoms with Crippen molar-refractivity contribution < 1.29 is 5.11 Å². The van der Waals surface area contributed by atoms with Crippen molar-refractivity contribution in [1.29, 1.82) is 0 Å². The fraction of sp³-hybridized carbons (Fsp3) is 1.00. The fourth-order valence-corrected chi connectivity index (χ4v) is 2.07. The Hall–Kier alpha value is -0.0800. The minimum absolute atomic E-state index is 0.349. The molecule has 1 aliphatic rings. The van der Waals surface area contributed by atoms with Gasteiger partial charge >= 0.3 is 0 Å². The Morgan fingerprint density at radius 1 is 1.55 bits per heavy atom. The first-order chi connectivity index (χ1) is 5.22. The second kappa shape index (κ2) is 3.55. The van der Waals surface area contributed by atoms with E-state index in [-0.39, 0.29) is 0 Å². The molecule has 1 aliphatic heterocycles. The van der Waals surface area contributed by atoms with Gasteiger partial charge in [0, 0.05) is 13.2 Å². The average Bonchev–Trinajstić information content (AvgIpc) is 2.34. The molecular formula is C9H19NO. The van der Waals surface area contributed by atoms with Crippen LogP contribution in [0.1, 0.15) is 26.2 Å². The normalized spacial score (nSPS) is 33.0. The van der Waals surface area contributed by atoms with E-state index in [4.69, 9.17) is 5.11 Å². The van der Waals surface area contributed by atoms with Gasteiger partial charge < -0.3 is 10.0 Å². The van der Waals surface area contributed by atoms with Crippen LogP contribution in [0.5, 0.6) is 0 Å². The van der Waals surface area contributed by atoms with Gasteiger partial charge in [-0.1, -0.05) is 6.92 Å². The van der Waals surface area contributed by atoms with Crippen molar-refractivity contribution in [2.24, 2.45) is 5.41 Å². The van der Waals surface area contributed by atoms with Gasteiger partial charge in [-0.2, -0.15) is 0 Å². The Balaban J connectivity index is 2.48. The Morgan fingerprint density at radius 3 is 2.64 bits per heavy atom. The highest BCUT2D eigenvalue weighted by Crippen LogP contribution is 2.35. The number of hydrogen-bond acceptors (Lipinski definition) is 2. The van der Waals surface area contributed by atoms with Gasteiger partial charge in [0.2, 0.25) is 0 Å². The molecule has 0 aromatic heterocycles. The van der Waals surface area contributed by atoms with Crippen molar-refractivity contribution in [2.75, 3.05) is 26.7 Å². The van der Waals surface area contributed by atoms with E-state index in [0.717, 1.165) is 6.42 Å². The van der Waals surface area contributed by atoms with Crippen molar-refractivity contribution in [3.05, 3.63) is 0 Å². The van der Waals surface area contributed by atoms with Gasteiger partial charge in [-0.25, -0.2) is 0 Å². The molecular weight excluding hydrogens is 138 g/mol. The molecule has 1 atom stereocenters. The standard InChI is InChI=1S/C9H19NO/c1-3-9(5-7-11)4-6-10(2)8-9/h11H,3-8H2,1-2H3. The molecule has 0 spiro atoms. The molecule has 1 unspecified atom stereocenters. The predicted octanol–water partition coefficient (Wildman–Crippen LogP) is 1.10. The summed E-state index contributed by atoms with van der Waals surface area (Å²) in [7, 11) is 2.16. The van der Waals surface area contributed by atoms with Gasteiger partial charge in [0.05, 0.1) is 0 Å². The molecule has 11 heavy (non-hydrogen) atoms. The van der Waals surface area contributed by atoms with Crippen LogP contribution in [0.4, 0.5) is 0 Å². The van der Waals surface area contributed by atoms with Gasteiger partial charge in [-0.3, -0.25) is 0 Å². The zero-order chi connectivity index (χ0) is 8.32. The quantitative estimate of drug-likeness (QED) is 0.663. The van der Waals surface area contributed by atoms with E-state index in [1.54, 1.807) is 0 Å². The predicted molar refractivity (Wildman–Crippen MR) is 46.5 cm³/mol. The van der Waals surface area contributed by atoms with E-state index in [2.05, 4.69) is 18.9 Å². The van der Waals surface area contributed by atoms with E-state index in [1.165, 1.54) is 25.9 Å². The summed E-state index contributed by atoms with van der Waals surface area (Å²) < 4.78 is 0. The molecule has 0 aromatic rings. The summed E-state index contributed by atoms with van der Waals surface area (Å²) >= 11 is 0. The number of likely N-dealkylation sites (tertiary alicyclic amines) is 1. The van der Waals surface area contributed by atoms with Gasteiger partial charge in [0.1, 0.15) is 0 Å². The number of rotatable bonds is 3. The van der Waals surface area contributed by atoms with Crippen LogP contribution in [0.15, 0.2) is 0 Å². The zero-order valence-electron chi connectivity index (χ0n) is 7.64. The third kappa shape index (κ3) is 1.94. The molecule has 1 N–H and O–H groups in total. The molecule has 0 bridgehead atoms. The van der Waals surface area contributed by atoms with Crippen LogP contribution >= 0.6 is 0 Å². The molecule has 1 fully saturated rings. The van der Waals surface area contributed by atoms with Gasteiger partial charge in [-0.05, 0) is 38.3 Å². The fourth-order valence-electron chi connectivity index (χ4n) is 2.07. The maximum atomic E-state index is 8.89. The lowest BCUT2D eigenvalue weighted by atomic mass is 9.81. The molecule has 0 saturated carbocycles. The lowest BCUT2D eigenvalue weighted by Crippen LogP contribution is -2.25. The molecule has 66 valence electrons. The monoisotopic (exact) mass is 157 g/mol. The van der Waals surface area contributed by atoms with Crippen molar-refractivity contribution in [2.45, 2.75) is 26.2 Å². The highest BCUT2D eigenvalue weighted by molar-refractivity contribution is 4.87. The summed E-state index contributed by atoms with van der Waals surface area (Å²) in [6.07, 6.45) is 3.45. The van der Waals surface area contributed by atoms with Crippen molar-refractivity contribution in [3.63, 3.8) is 0 Å². The number of aliphatic hydroxyl groups excluding tert-OH is 1. The maximum Gasteiger partial charge on any atom is 0.0436 e. The van der Waals surface area contributed by atoms with E-state index in [9.17, 15) is 0 Å². The Kier molecular flexibility index (Phi) is 2.90.